The number of likely N-dealkylation sites (tertiary alicyclic amines) is 1. The molecule has 0 radical (unpaired) electrons. The molecule has 7 heteroatoms. The van der Waals surface area contributed by atoms with E-state index in [1.807, 2.05) is 0 Å². The fourth-order valence-electron chi connectivity index (χ4n) is 3.24. The van der Waals surface area contributed by atoms with Gasteiger partial charge in [-0.05, 0) is 55.7 Å². The zero-order valence-corrected chi connectivity index (χ0v) is 16.1. The van der Waals surface area contributed by atoms with Crippen molar-refractivity contribution in [1.29, 1.82) is 0 Å². The lowest BCUT2D eigenvalue weighted by molar-refractivity contribution is -0.124. The van der Waals surface area contributed by atoms with Crippen LogP contribution in [0.25, 0.3) is 0 Å². The Morgan fingerprint density at radius 3 is 2.44 bits per heavy atom. The van der Waals surface area contributed by atoms with E-state index >= 15 is 0 Å². The smallest absolute Gasteiger partial charge is 0.254 e. The average molecular weight is 437 g/mol. The number of hydrogen-bond acceptors (Lipinski definition) is 2. The molecule has 0 aliphatic carbocycles. The molecule has 0 aromatic heterocycles. The molecule has 142 valence electrons. The third-order valence-corrected chi connectivity index (χ3v) is 5.17. The van der Waals surface area contributed by atoms with E-state index in [0.29, 0.717) is 18.5 Å². The van der Waals surface area contributed by atoms with Gasteiger partial charge in [-0.2, -0.15) is 0 Å². The van der Waals surface area contributed by atoms with Crippen molar-refractivity contribution in [2.45, 2.75) is 25.3 Å². The molecule has 3 rings (SSSR count). The summed E-state index contributed by atoms with van der Waals surface area (Å²) in [5.41, 5.74) is 0.471. The Kier molecular flexibility index (Phi) is 6.21. The number of carbonyl (C=O) groups is 2. The number of halogens is 3. The van der Waals surface area contributed by atoms with Crippen molar-refractivity contribution in [3.05, 3.63) is 69.7 Å². The molecule has 2 amide bonds. The van der Waals surface area contributed by atoms with Crippen LogP contribution >= 0.6 is 15.9 Å². The molecule has 1 heterocycles. The van der Waals surface area contributed by atoms with Crippen molar-refractivity contribution in [2.24, 2.45) is 0 Å². The van der Waals surface area contributed by atoms with Gasteiger partial charge in [0, 0.05) is 28.7 Å². The Morgan fingerprint density at radius 1 is 1.11 bits per heavy atom. The van der Waals surface area contributed by atoms with Crippen LogP contribution in [-0.2, 0) is 11.2 Å². The van der Waals surface area contributed by atoms with E-state index in [-0.39, 0.29) is 30.3 Å². The van der Waals surface area contributed by atoms with Crippen LogP contribution in [0.4, 0.5) is 8.78 Å². The van der Waals surface area contributed by atoms with E-state index in [9.17, 15) is 18.4 Å². The number of rotatable bonds is 5. The summed E-state index contributed by atoms with van der Waals surface area (Å²) in [6.07, 6.45) is 1.36. The lowest BCUT2D eigenvalue weighted by Crippen LogP contribution is -2.46. The largest absolute Gasteiger partial charge is 0.354 e. The lowest BCUT2D eigenvalue weighted by Gasteiger charge is -2.24. The van der Waals surface area contributed by atoms with Crippen LogP contribution in [0.5, 0.6) is 0 Å². The van der Waals surface area contributed by atoms with Gasteiger partial charge in [-0.3, -0.25) is 9.59 Å². The number of nitrogens with zero attached hydrogens (tertiary/aromatic N) is 1. The molecular formula is C20H19BrF2N2O2. The van der Waals surface area contributed by atoms with Gasteiger partial charge in [0.2, 0.25) is 5.91 Å². The van der Waals surface area contributed by atoms with Crippen LogP contribution in [0.1, 0.15) is 28.8 Å². The van der Waals surface area contributed by atoms with Crippen LogP contribution in [-0.4, -0.2) is 35.8 Å². The van der Waals surface area contributed by atoms with Crippen LogP contribution < -0.4 is 5.32 Å². The minimum Gasteiger partial charge on any atom is -0.354 e. The first-order chi connectivity index (χ1) is 13.0. The summed E-state index contributed by atoms with van der Waals surface area (Å²) in [5.74, 6) is -1.75. The number of nitrogens with one attached hydrogen (secondary N) is 1. The summed E-state index contributed by atoms with van der Waals surface area (Å²) in [6.45, 7) is 0.614. The molecule has 1 atom stereocenters. The first-order valence-corrected chi connectivity index (χ1v) is 9.54. The predicted octanol–water partition coefficient (Wildman–Crippen LogP) is 3.69. The third-order valence-electron chi connectivity index (χ3n) is 4.64. The highest BCUT2D eigenvalue weighted by Gasteiger charge is 2.34. The van der Waals surface area contributed by atoms with Crippen molar-refractivity contribution in [2.75, 3.05) is 13.1 Å². The molecule has 0 saturated carbocycles. The van der Waals surface area contributed by atoms with Gasteiger partial charge in [0.05, 0.1) is 0 Å². The summed E-state index contributed by atoms with van der Waals surface area (Å²) in [6, 6.07) is 10.1. The van der Waals surface area contributed by atoms with Gasteiger partial charge in [0.25, 0.3) is 5.91 Å². The molecule has 1 aliphatic rings. The van der Waals surface area contributed by atoms with Crippen LogP contribution in [0.2, 0.25) is 0 Å². The Bertz CT molecular complexity index is 822. The van der Waals surface area contributed by atoms with Crippen LogP contribution in [0.15, 0.2) is 46.9 Å². The number of benzene rings is 2. The summed E-state index contributed by atoms with van der Waals surface area (Å²) in [7, 11) is 0. The number of amides is 2. The topological polar surface area (TPSA) is 49.4 Å². The van der Waals surface area contributed by atoms with Gasteiger partial charge in [-0.1, -0.05) is 22.0 Å². The van der Waals surface area contributed by atoms with E-state index in [1.165, 1.54) is 18.2 Å². The predicted molar refractivity (Wildman–Crippen MR) is 101 cm³/mol. The first-order valence-electron chi connectivity index (χ1n) is 8.74. The molecule has 4 nitrogen and oxygen atoms in total. The third kappa shape index (κ3) is 4.53. The molecule has 27 heavy (non-hydrogen) atoms. The molecule has 0 bridgehead atoms. The fraction of sp³-hybridized carbons (Fsp3) is 0.300. The quantitative estimate of drug-likeness (QED) is 0.776. The molecule has 1 unspecified atom stereocenters. The van der Waals surface area contributed by atoms with E-state index in [1.54, 1.807) is 29.2 Å². The van der Waals surface area contributed by atoms with Gasteiger partial charge in [0.15, 0.2) is 0 Å². The van der Waals surface area contributed by atoms with E-state index in [4.69, 9.17) is 0 Å². The molecule has 2 aromatic rings. The average Bonchev–Trinajstić information content (AvgIpc) is 3.14. The van der Waals surface area contributed by atoms with Crippen LogP contribution in [0, 0.1) is 11.6 Å². The van der Waals surface area contributed by atoms with E-state index in [0.717, 1.165) is 10.9 Å². The lowest BCUT2D eigenvalue weighted by atomic mass is 10.1. The van der Waals surface area contributed by atoms with Crippen molar-refractivity contribution < 1.29 is 18.4 Å². The highest BCUT2D eigenvalue weighted by atomic mass is 79.9. The monoisotopic (exact) mass is 436 g/mol. The Labute approximate surface area is 164 Å². The maximum Gasteiger partial charge on any atom is 0.254 e. The highest BCUT2D eigenvalue weighted by Crippen LogP contribution is 2.21. The van der Waals surface area contributed by atoms with Gasteiger partial charge in [-0.15, -0.1) is 0 Å². The summed E-state index contributed by atoms with van der Waals surface area (Å²) in [5, 5.41) is 2.70. The normalized spacial score (nSPS) is 16.4. The highest BCUT2D eigenvalue weighted by molar-refractivity contribution is 9.10. The van der Waals surface area contributed by atoms with Gasteiger partial charge < -0.3 is 10.2 Å². The van der Waals surface area contributed by atoms with Gasteiger partial charge in [0.1, 0.15) is 17.7 Å². The molecular weight excluding hydrogens is 418 g/mol. The summed E-state index contributed by atoms with van der Waals surface area (Å²) in [4.78, 5) is 26.8. The second kappa shape index (κ2) is 8.61. The second-order valence-electron chi connectivity index (χ2n) is 6.40. The van der Waals surface area contributed by atoms with Crippen molar-refractivity contribution in [1.82, 2.24) is 10.2 Å². The van der Waals surface area contributed by atoms with Crippen LogP contribution in [0.3, 0.4) is 0 Å². The van der Waals surface area contributed by atoms with Crippen molar-refractivity contribution in [3.8, 4) is 0 Å². The SMILES string of the molecule is O=C(NCCc1c(F)cccc1F)C1CCCN1C(=O)c1ccc(Br)cc1. The van der Waals surface area contributed by atoms with Crippen molar-refractivity contribution in [3.63, 3.8) is 0 Å². The Morgan fingerprint density at radius 2 is 1.78 bits per heavy atom. The van der Waals surface area contributed by atoms with Gasteiger partial charge >= 0.3 is 0 Å². The maximum atomic E-state index is 13.7. The Hall–Kier alpha value is -2.28. The Balaban J connectivity index is 1.60. The summed E-state index contributed by atoms with van der Waals surface area (Å²) >= 11 is 3.33. The van der Waals surface area contributed by atoms with Gasteiger partial charge in [-0.25, -0.2) is 8.78 Å². The number of carbonyl (C=O) groups excluding carboxylic acids is 2. The molecule has 1 saturated heterocycles. The minimum absolute atomic E-state index is 0.0491. The fourth-order valence-corrected chi connectivity index (χ4v) is 3.50. The standard InChI is InChI=1S/C20H19BrF2N2O2/c21-14-8-6-13(7-9-14)20(27)25-12-2-5-18(25)19(26)24-11-10-15-16(22)3-1-4-17(15)23/h1,3-4,6-9,18H,2,5,10-12H2,(H,24,26). The second-order valence-corrected chi connectivity index (χ2v) is 7.32. The van der Waals surface area contributed by atoms with E-state index in [2.05, 4.69) is 21.2 Å². The molecule has 1 fully saturated rings. The molecule has 1 N–H and O–H groups in total. The molecule has 1 aliphatic heterocycles. The number of hydrogen-bond donors (Lipinski definition) is 1. The van der Waals surface area contributed by atoms with E-state index < -0.39 is 17.7 Å². The molecule has 0 spiro atoms. The zero-order valence-electron chi connectivity index (χ0n) is 14.6. The minimum atomic E-state index is -0.628. The first kappa shape index (κ1) is 19.5. The maximum absolute atomic E-state index is 13.7. The van der Waals surface area contributed by atoms with Crippen molar-refractivity contribution >= 4 is 27.7 Å². The zero-order chi connectivity index (χ0) is 19.4. The molecule has 2 aromatic carbocycles. The summed E-state index contributed by atoms with van der Waals surface area (Å²) < 4.78 is 28.2.